The molecular weight excluding hydrogens is 369 g/mol. The summed E-state index contributed by atoms with van der Waals surface area (Å²) in [4.78, 5) is 4.62. The average molecular weight is 388 g/mol. The molecule has 26 heavy (non-hydrogen) atoms. The molecular formula is C20H19Cl2N3O. The molecule has 0 aliphatic rings. The molecule has 3 rings (SSSR count). The van der Waals surface area contributed by atoms with Crippen LogP contribution in [0.4, 0.5) is 11.5 Å². The molecule has 0 saturated carbocycles. The fourth-order valence-corrected chi connectivity index (χ4v) is 3.03. The predicted molar refractivity (Wildman–Crippen MR) is 109 cm³/mol. The van der Waals surface area contributed by atoms with Gasteiger partial charge in [0.15, 0.2) is 0 Å². The molecule has 0 saturated heterocycles. The van der Waals surface area contributed by atoms with Gasteiger partial charge in [-0.25, -0.2) is 4.98 Å². The first kappa shape index (κ1) is 18.5. The van der Waals surface area contributed by atoms with Gasteiger partial charge in [-0.3, -0.25) is 0 Å². The van der Waals surface area contributed by atoms with E-state index in [1.165, 1.54) is 0 Å². The van der Waals surface area contributed by atoms with Gasteiger partial charge in [0.1, 0.15) is 18.2 Å². The summed E-state index contributed by atoms with van der Waals surface area (Å²) in [5.41, 5.74) is 2.37. The largest absolute Gasteiger partial charge is 0.492 e. The van der Waals surface area contributed by atoms with Gasteiger partial charge in [0.05, 0.1) is 15.7 Å². The van der Waals surface area contributed by atoms with Crippen molar-refractivity contribution in [3.63, 3.8) is 0 Å². The maximum Gasteiger partial charge on any atom is 0.131 e. The number of ether oxygens (including phenoxy) is 1. The summed E-state index contributed by atoms with van der Waals surface area (Å²) in [5, 5.41) is 7.48. The van der Waals surface area contributed by atoms with Crippen molar-refractivity contribution in [2.24, 2.45) is 0 Å². The van der Waals surface area contributed by atoms with Crippen molar-refractivity contribution in [1.82, 2.24) is 10.3 Å². The molecule has 1 heterocycles. The monoisotopic (exact) mass is 387 g/mol. The lowest BCUT2D eigenvalue weighted by Gasteiger charge is -2.11. The van der Waals surface area contributed by atoms with E-state index >= 15 is 0 Å². The number of rotatable bonds is 7. The lowest BCUT2D eigenvalue weighted by atomic mass is 10.1. The number of nitrogens with one attached hydrogen (secondary N) is 2. The van der Waals surface area contributed by atoms with Crippen LogP contribution in [0, 0.1) is 0 Å². The molecule has 0 aliphatic heterocycles. The van der Waals surface area contributed by atoms with Gasteiger partial charge in [-0.2, -0.15) is 0 Å². The average Bonchev–Trinajstić information content (AvgIpc) is 2.64. The fourth-order valence-electron chi connectivity index (χ4n) is 2.44. The molecule has 4 nitrogen and oxygen atoms in total. The number of nitrogens with zero attached hydrogens (tertiary/aromatic N) is 1. The van der Waals surface area contributed by atoms with Gasteiger partial charge in [-0.05, 0) is 55.6 Å². The Kier molecular flexibility index (Phi) is 6.34. The van der Waals surface area contributed by atoms with Crippen molar-refractivity contribution in [3.8, 4) is 17.0 Å². The molecule has 0 spiro atoms. The number of pyridine rings is 1. The Hall–Kier alpha value is -2.27. The summed E-state index contributed by atoms with van der Waals surface area (Å²) < 4.78 is 5.62. The number of benzene rings is 2. The van der Waals surface area contributed by atoms with Crippen LogP contribution >= 0.6 is 23.2 Å². The van der Waals surface area contributed by atoms with Crippen LogP contribution in [0.2, 0.25) is 10.0 Å². The molecule has 2 aromatic carbocycles. The highest BCUT2D eigenvalue weighted by Crippen LogP contribution is 2.34. The van der Waals surface area contributed by atoms with Crippen molar-refractivity contribution in [2.75, 3.05) is 25.5 Å². The maximum atomic E-state index is 6.28. The second-order valence-electron chi connectivity index (χ2n) is 5.61. The van der Waals surface area contributed by atoms with E-state index in [0.717, 1.165) is 29.2 Å². The summed E-state index contributed by atoms with van der Waals surface area (Å²) in [6, 6.07) is 18.9. The second kappa shape index (κ2) is 8.90. The molecule has 0 aliphatic carbocycles. The molecule has 0 bridgehead atoms. The lowest BCUT2D eigenvalue weighted by molar-refractivity contribution is 0.318. The maximum absolute atomic E-state index is 6.28. The van der Waals surface area contributed by atoms with E-state index in [9.17, 15) is 0 Å². The minimum Gasteiger partial charge on any atom is -0.492 e. The van der Waals surface area contributed by atoms with Gasteiger partial charge in [-0.1, -0.05) is 35.3 Å². The highest BCUT2D eigenvalue weighted by molar-refractivity contribution is 6.39. The zero-order valence-corrected chi connectivity index (χ0v) is 15.8. The number of hydrogen-bond donors (Lipinski definition) is 2. The molecule has 1 aromatic heterocycles. The molecule has 0 atom stereocenters. The van der Waals surface area contributed by atoms with Crippen molar-refractivity contribution in [1.29, 1.82) is 0 Å². The molecule has 0 radical (unpaired) electrons. The predicted octanol–water partition coefficient (Wildman–Crippen LogP) is 5.40. The lowest BCUT2D eigenvalue weighted by Crippen LogP contribution is -2.15. The summed E-state index contributed by atoms with van der Waals surface area (Å²) in [6.45, 7) is 1.44. The summed E-state index contributed by atoms with van der Waals surface area (Å²) >= 11 is 12.6. The zero-order chi connectivity index (χ0) is 18.4. The Morgan fingerprint density at radius 2 is 1.62 bits per heavy atom. The Balaban J connectivity index is 1.75. The summed E-state index contributed by atoms with van der Waals surface area (Å²) in [5.74, 6) is 1.54. The van der Waals surface area contributed by atoms with Gasteiger partial charge >= 0.3 is 0 Å². The third kappa shape index (κ3) is 4.67. The first-order valence-electron chi connectivity index (χ1n) is 8.23. The van der Waals surface area contributed by atoms with E-state index in [1.54, 1.807) is 12.1 Å². The molecule has 2 N–H and O–H groups in total. The first-order chi connectivity index (χ1) is 12.7. The second-order valence-corrected chi connectivity index (χ2v) is 6.42. The Morgan fingerprint density at radius 3 is 2.31 bits per heavy atom. The Labute approximate surface area is 163 Å². The number of aromatic nitrogens is 1. The van der Waals surface area contributed by atoms with Crippen molar-refractivity contribution >= 4 is 34.7 Å². The SMILES string of the molecule is CNCCOc1ccc(Nc2cccc(-c3c(Cl)cccc3Cl)n2)cc1. The standard InChI is InChI=1S/C20H19Cl2N3O/c1-23-12-13-26-15-10-8-14(9-11-15)24-19-7-3-6-18(25-19)20-16(21)4-2-5-17(20)22/h2-11,23H,12-13H2,1H3,(H,24,25). The minimum absolute atomic E-state index is 0.574. The van der Waals surface area contributed by atoms with E-state index < -0.39 is 0 Å². The van der Waals surface area contributed by atoms with Crippen LogP contribution in [-0.2, 0) is 0 Å². The molecule has 134 valence electrons. The summed E-state index contributed by atoms with van der Waals surface area (Å²) in [7, 11) is 1.90. The van der Waals surface area contributed by atoms with Crippen LogP contribution < -0.4 is 15.4 Å². The van der Waals surface area contributed by atoms with Crippen LogP contribution in [-0.4, -0.2) is 25.2 Å². The number of hydrogen-bond acceptors (Lipinski definition) is 4. The van der Waals surface area contributed by atoms with Crippen molar-refractivity contribution < 1.29 is 4.74 Å². The molecule has 0 fully saturated rings. The van der Waals surface area contributed by atoms with E-state index in [1.807, 2.05) is 55.6 Å². The van der Waals surface area contributed by atoms with Crippen LogP contribution in [0.1, 0.15) is 0 Å². The van der Waals surface area contributed by atoms with Gasteiger partial charge < -0.3 is 15.4 Å². The third-order valence-corrected chi connectivity index (χ3v) is 4.35. The third-order valence-electron chi connectivity index (χ3n) is 3.72. The van der Waals surface area contributed by atoms with Gasteiger partial charge in [-0.15, -0.1) is 0 Å². The van der Waals surface area contributed by atoms with E-state index in [2.05, 4.69) is 15.6 Å². The highest BCUT2D eigenvalue weighted by Gasteiger charge is 2.10. The van der Waals surface area contributed by atoms with Crippen LogP contribution in [0.25, 0.3) is 11.3 Å². The molecule has 6 heteroatoms. The Bertz CT molecular complexity index is 849. The van der Waals surface area contributed by atoms with E-state index in [4.69, 9.17) is 27.9 Å². The number of likely N-dealkylation sites (N-methyl/N-ethyl adjacent to an activating group) is 1. The van der Waals surface area contributed by atoms with Crippen molar-refractivity contribution in [2.45, 2.75) is 0 Å². The normalized spacial score (nSPS) is 10.6. The highest BCUT2D eigenvalue weighted by atomic mass is 35.5. The van der Waals surface area contributed by atoms with Crippen LogP contribution in [0.15, 0.2) is 60.7 Å². The fraction of sp³-hybridized carbons (Fsp3) is 0.150. The zero-order valence-electron chi connectivity index (χ0n) is 14.3. The van der Waals surface area contributed by atoms with Crippen LogP contribution in [0.3, 0.4) is 0 Å². The summed E-state index contributed by atoms with van der Waals surface area (Å²) in [6.07, 6.45) is 0. The molecule has 0 unspecified atom stereocenters. The van der Waals surface area contributed by atoms with Crippen molar-refractivity contribution in [3.05, 3.63) is 70.7 Å². The van der Waals surface area contributed by atoms with Gasteiger partial charge in [0.25, 0.3) is 0 Å². The molecule has 3 aromatic rings. The molecule has 0 amide bonds. The minimum atomic E-state index is 0.574. The van der Waals surface area contributed by atoms with Gasteiger partial charge in [0, 0.05) is 17.8 Å². The van der Waals surface area contributed by atoms with E-state index in [0.29, 0.717) is 22.5 Å². The topological polar surface area (TPSA) is 46.2 Å². The van der Waals surface area contributed by atoms with E-state index in [-0.39, 0.29) is 0 Å². The van der Waals surface area contributed by atoms with Gasteiger partial charge in [0.2, 0.25) is 0 Å². The Morgan fingerprint density at radius 1 is 0.923 bits per heavy atom. The number of anilines is 2. The number of halogens is 2. The first-order valence-corrected chi connectivity index (χ1v) is 8.99. The van der Waals surface area contributed by atoms with Crippen LogP contribution in [0.5, 0.6) is 5.75 Å². The quantitative estimate of drug-likeness (QED) is 0.532. The smallest absolute Gasteiger partial charge is 0.131 e.